The molecule has 0 radical (unpaired) electrons. The van der Waals surface area contributed by atoms with Crippen LogP contribution in [0, 0.1) is 0 Å². The number of carbonyl (C=O) groups is 1. The summed E-state index contributed by atoms with van der Waals surface area (Å²) < 4.78 is 5.88. The summed E-state index contributed by atoms with van der Waals surface area (Å²) in [5.74, 6) is 0.687. The second-order valence-electron chi connectivity index (χ2n) is 5.41. The standard InChI is InChI=1S/C14H22NO3/c1-15(2,3)6-5-14(17)12-7-11(10-16)8-13(9-12)18-4/h7-9,16H,5-6,10H2,1-4H3/q+1. The highest BCUT2D eigenvalue weighted by Gasteiger charge is 2.14. The number of benzene rings is 1. The van der Waals surface area contributed by atoms with Gasteiger partial charge in [0.1, 0.15) is 5.75 Å². The van der Waals surface area contributed by atoms with Gasteiger partial charge in [0.2, 0.25) is 0 Å². The fraction of sp³-hybridized carbons (Fsp3) is 0.500. The summed E-state index contributed by atoms with van der Waals surface area (Å²) in [6.45, 7) is 0.692. The Morgan fingerprint density at radius 3 is 2.44 bits per heavy atom. The van der Waals surface area contributed by atoms with E-state index in [0.29, 0.717) is 23.3 Å². The highest BCUT2D eigenvalue weighted by Crippen LogP contribution is 2.18. The highest BCUT2D eigenvalue weighted by molar-refractivity contribution is 5.96. The van der Waals surface area contributed by atoms with Crippen molar-refractivity contribution in [2.45, 2.75) is 13.0 Å². The summed E-state index contributed by atoms with van der Waals surface area (Å²) in [4.78, 5) is 12.1. The number of rotatable bonds is 6. The van der Waals surface area contributed by atoms with E-state index in [9.17, 15) is 4.79 Å². The summed E-state index contributed by atoms with van der Waals surface area (Å²) in [5, 5.41) is 9.15. The van der Waals surface area contributed by atoms with Crippen molar-refractivity contribution in [2.75, 3.05) is 34.8 Å². The Balaban J connectivity index is 2.84. The van der Waals surface area contributed by atoms with Crippen molar-refractivity contribution in [3.63, 3.8) is 0 Å². The molecule has 1 rings (SSSR count). The number of carbonyl (C=O) groups excluding carboxylic acids is 1. The number of nitrogens with zero attached hydrogens (tertiary/aromatic N) is 1. The number of ketones is 1. The average molecular weight is 252 g/mol. The van der Waals surface area contributed by atoms with Gasteiger partial charge in [-0.15, -0.1) is 0 Å². The maximum absolute atomic E-state index is 12.1. The van der Waals surface area contributed by atoms with E-state index in [1.54, 1.807) is 25.3 Å². The molecule has 18 heavy (non-hydrogen) atoms. The molecule has 4 heteroatoms. The van der Waals surface area contributed by atoms with Crippen LogP contribution in [0.2, 0.25) is 0 Å². The van der Waals surface area contributed by atoms with Crippen molar-refractivity contribution in [1.82, 2.24) is 0 Å². The number of aliphatic hydroxyl groups excluding tert-OH is 1. The maximum Gasteiger partial charge on any atom is 0.168 e. The molecule has 1 N–H and O–H groups in total. The summed E-state index contributed by atoms with van der Waals surface area (Å²) in [6.07, 6.45) is 0.488. The van der Waals surface area contributed by atoms with Gasteiger partial charge in [0.25, 0.3) is 0 Å². The quantitative estimate of drug-likeness (QED) is 0.616. The smallest absolute Gasteiger partial charge is 0.168 e. The molecule has 0 amide bonds. The fourth-order valence-corrected chi connectivity index (χ4v) is 1.61. The molecule has 0 aromatic heterocycles. The van der Waals surface area contributed by atoms with E-state index < -0.39 is 0 Å². The van der Waals surface area contributed by atoms with Gasteiger partial charge < -0.3 is 14.3 Å². The lowest BCUT2D eigenvalue weighted by Crippen LogP contribution is -2.36. The summed E-state index contributed by atoms with van der Waals surface area (Å²) >= 11 is 0. The normalized spacial score (nSPS) is 11.4. The molecule has 0 heterocycles. The predicted octanol–water partition coefficient (Wildman–Crippen LogP) is 1.47. The van der Waals surface area contributed by atoms with Crippen LogP contribution in [0.4, 0.5) is 0 Å². The number of hydrogen-bond acceptors (Lipinski definition) is 3. The topological polar surface area (TPSA) is 46.5 Å². The van der Waals surface area contributed by atoms with E-state index in [1.165, 1.54) is 0 Å². The third-order valence-corrected chi connectivity index (χ3v) is 2.72. The molecule has 0 fully saturated rings. The Kier molecular flexibility index (Phi) is 4.87. The van der Waals surface area contributed by atoms with E-state index in [-0.39, 0.29) is 12.4 Å². The van der Waals surface area contributed by atoms with Crippen molar-refractivity contribution in [3.8, 4) is 5.75 Å². The van der Waals surface area contributed by atoms with Crippen LogP contribution in [0.5, 0.6) is 5.75 Å². The van der Waals surface area contributed by atoms with Gasteiger partial charge in [-0.2, -0.15) is 0 Å². The second-order valence-corrected chi connectivity index (χ2v) is 5.41. The van der Waals surface area contributed by atoms with E-state index in [4.69, 9.17) is 9.84 Å². The lowest BCUT2D eigenvalue weighted by atomic mass is 10.0. The van der Waals surface area contributed by atoms with Crippen LogP contribution >= 0.6 is 0 Å². The van der Waals surface area contributed by atoms with Crippen LogP contribution in [-0.4, -0.2) is 50.2 Å². The van der Waals surface area contributed by atoms with Crippen molar-refractivity contribution < 1.29 is 19.1 Å². The van der Waals surface area contributed by atoms with Crippen LogP contribution in [0.3, 0.4) is 0 Å². The molecule has 0 saturated carbocycles. The minimum Gasteiger partial charge on any atom is -0.497 e. The molecule has 0 aliphatic heterocycles. The fourth-order valence-electron chi connectivity index (χ4n) is 1.61. The first kappa shape index (κ1) is 14.7. The molecule has 0 saturated heterocycles. The van der Waals surface area contributed by atoms with Gasteiger partial charge in [0.15, 0.2) is 5.78 Å². The molecule has 0 atom stereocenters. The lowest BCUT2D eigenvalue weighted by Gasteiger charge is -2.23. The third-order valence-electron chi connectivity index (χ3n) is 2.72. The first-order valence-corrected chi connectivity index (χ1v) is 5.98. The van der Waals surface area contributed by atoms with Crippen LogP contribution in [0.1, 0.15) is 22.3 Å². The number of Topliss-reactive ketones (excluding diaryl/α,β-unsaturated/α-hetero) is 1. The molecule has 4 nitrogen and oxygen atoms in total. The monoisotopic (exact) mass is 252 g/mol. The Bertz CT molecular complexity index is 399. The zero-order valence-corrected chi connectivity index (χ0v) is 11.6. The maximum atomic E-state index is 12.1. The lowest BCUT2D eigenvalue weighted by molar-refractivity contribution is -0.869. The Morgan fingerprint density at radius 1 is 1.28 bits per heavy atom. The number of quaternary nitrogens is 1. The first-order valence-electron chi connectivity index (χ1n) is 5.98. The number of methoxy groups -OCH3 is 1. The van der Waals surface area contributed by atoms with Crippen LogP contribution in [-0.2, 0) is 6.61 Å². The Hall–Kier alpha value is -1.39. The molecule has 1 aromatic rings. The van der Waals surface area contributed by atoms with Crippen LogP contribution in [0.25, 0.3) is 0 Å². The summed E-state index contributed by atoms with van der Waals surface area (Å²) in [7, 11) is 7.71. The van der Waals surface area contributed by atoms with Crippen molar-refractivity contribution in [3.05, 3.63) is 29.3 Å². The van der Waals surface area contributed by atoms with Gasteiger partial charge in [-0.3, -0.25) is 4.79 Å². The van der Waals surface area contributed by atoms with Crippen molar-refractivity contribution in [1.29, 1.82) is 0 Å². The van der Waals surface area contributed by atoms with Gasteiger partial charge >= 0.3 is 0 Å². The van der Waals surface area contributed by atoms with E-state index in [1.807, 2.05) is 0 Å². The Labute approximate surface area is 108 Å². The Morgan fingerprint density at radius 2 is 1.94 bits per heavy atom. The predicted molar refractivity (Wildman–Crippen MR) is 70.8 cm³/mol. The summed E-state index contributed by atoms with van der Waals surface area (Å²) in [5.41, 5.74) is 1.30. The van der Waals surface area contributed by atoms with E-state index in [0.717, 1.165) is 11.0 Å². The highest BCUT2D eigenvalue weighted by atomic mass is 16.5. The van der Waals surface area contributed by atoms with Gasteiger partial charge in [-0.1, -0.05) is 0 Å². The second kappa shape index (κ2) is 5.98. The molecule has 0 spiro atoms. The van der Waals surface area contributed by atoms with Crippen molar-refractivity contribution in [2.24, 2.45) is 0 Å². The largest absolute Gasteiger partial charge is 0.497 e. The average Bonchev–Trinajstić information content (AvgIpc) is 2.34. The van der Waals surface area contributed by atoms with Crippen LogP contribution in [0.15, 0.2) is 18.2 Å². The van der Waals surface area contributed by atoms with Gasteiger partial charge in [-0.05, 0) is 23.8 Å². The number of ether oxygens (including phenoxy) is 1. The zero-order valence-electron chi connectivity index (χ0n) is 11.6. The third kappa shape index (κ3) is 4.47. The van der Waals surface area contributed by atoms with E-state index >= 15 is 0 Å². The summed E-state index contributed by atoms with van der Waals surface area (Å²) in [6, 6.07) is 5.17. The molecular formula is C14H22NO3+. The SMILES string of the molecule is COc1cc(CO)cc(C(=O)CC[N+](C)(C)C)c1. The molecule has 0 bridgehead atoms. The molecule has 0 aliphatic carbocycles. The first-order chi connectivity index (χ1) is 8.35. The minimum atomic E-state index is -0.0905. The van der Waals surface area contributed by atoms with E-state index in [2.05, 4.69) is 21.1 Å². The molecule has 0 aliphatic rings. The van der Waals surface area contributed by atoms with Crippen LogP contribution < -0.4 is 4.74 Å². The van der Waals surface area contributed by atoms with Crippen molar-refractivity contribution >= 4 is 5.78 Å². The molecule has 100 valence electrons. The zero-order chi connectivity index (χ0) is 13.8. The molecular weight excluding hydrogens is 230 g/mol. The molecule has 0 unspecified atom stereocenters. The van der Waals surface area contributed by atoms with Gasteiger partial charge in [0.05, 0.1) is 47.8 Å². The number of hydrogen-bond donors (Lipinski definition) is 1. The minimum absolute atomic E-state index is 0.0802. The van der Waals surface area contributed by atoms with Gasteiger partial charge in [0, 0.05) is 5.56 Å². The number of aliphatic hydroxyl groups is 1. The molecule has 1 aromatic carbocycles. The van der Waals surface area contributed by atoms with Gasteiger partial charge in [-0.25, -0.2) is 0 Å².